The van der Waals surface area contributed by atoms with E-state index in [1.54, 1.807) is 13.8 Å². The molecule has 0 aromatic rings. The second-order valence-electron chi connectivity index (χ2n) is 7.12. The fraction of sp³-hybridized carbons (Fsp3) is 0.938. The van der Waals surface area contributed by atoms with Gasteiger partial charge in [-0.15, -0.1) is 0 Å². The van der Waals surface area contributed by atoms with Crippen molar-refractivity contribution in [3.05, 3.63) is 0 Å². The molecule has 0 amide bonds. The third-order valence-corrected chi connectivity index (χ3v) is 4.11. The third kappa shape index (κ3) is 6.71. The maximum atomic E-state index is 11.7. The lowest BCUT2D eigenvalue weighted by Gasteiger charge is -2.35. The number of carbonyl (C=O) groups is 1. The molecule has 2 N–H and O–H groups in total. The van der Waals surface area contributed by atoms with E-state index in [1.807, 2.05) is 0 Å². The molecule has 0 aliphatic rings. The van der Waals surface area contributed by atoms with E-state index in [2.05, 4.69) is 39.6 Å². The Morgan fingerprint density at radius 1 is 1.25 bits per heavy atom. The van der Waals surface area contributed by atoms with Gasteiger partial charge in [-0.3, -0.25) is 4.79 Å². The van der Waals surface area contributed by atoms with Crippen LogP contribution in [-0.4, -0.2) is 42.6 Å². The maximum absolute atomic E-state index is 11.7. The molecule has 0 saturated carbocycles. The van der Waals surface area contributed by atoms with Crippen LogP contribution < -0.4 is 5.73 Å². The Balaban J connectivity index is 4.05. The van der Waals surface area contributed by atoms with E-state index < -0.39 is 5.54 Å². The summed E-state index contributed by atoms with van der Waals surface area (Å²) in [5, 5.41) is 0. The highest BCUT2D eigenvalue weighted by atomic mass is 16.5. The minimum absolute atomic E-state index is 0.280. The van der Waals surface area contributed by atoms with Crippen molar-refractivity contribution in [2.45, 2.75) is 72.4 Å². The summed E-state index contributed by atoms with van der Waals surface area (Å²) in [6.45, 7) is 14.0. The van der Waals surface area contributed by atoms with Crippen molar-refractivity contribution in [3.8, 4) is 0 Å². The maximum Gasteiger partial charge on any atom is 0.325 e. The van der Waals surface area contributed by atoms with E-state index in [9.17, 15) is 4.79 Å². The van der Waals surface area contributed by atoms with Gasteiger partial charge in [-0.25, -0.2) is 0 Å². The summed E-state index contributed by atoms with van der Waals surface area (Å²) in [5.74, 6) is -0.295. The largest absolute Gasteiger partial charge is 0.465 e. The Morgan fingerprint density at radius 3 is 2.25 bits per heavy atom. The Kier molecular flexibility index (Phi) is 7.74. The molecule has 4 nitrogen and oxygen atoms in total. The van der Waals surface area contributed by atoms with Gasteiger partial charge in [0.1, 0.15) is 5.54 Å². The summed E-state index contributed by atoms with van der Waals surface area (Å²) in [6.07, 6.45) is 2.65. The van der Waals surface area contributed by atoms with Gasteiger partial charge in [-0.2, -0.15) is 0 Å². The van der Waals surface area contributed by atoms with Crippen molar-refractivity contribution in [2.24, 2.45) is 11.1 Å². The molecule has 0 fully saturated rings. The number of nitrogens with two attached hydrogens (primary N) is 1. The van der Waals surface area contributed by atoms with Crippen molar-refractivity contribution in [1.82, 2.24) is 4.90 Å². The highest BCUT2D eigenvalue weighted by molar-refractivity contribution is 5.79. The van der Waals surface area contributed by atoms with Crippen molar-refractivity contribution in [1.29, 1.82) is 0 Å². The summed E-state index contributed by atoms with van der Waals surface area (Å²) < 4.78 is 4.99. The molecule has 20 heavy (non-hydrogen) atoms. The van der Waals surface area contributed by atoms with Crippen molar-refractivity contribution >= 4 is 5.97 Å². The number of nitrogens with zero attached hydrogens (tertiary/aromatic N) is 1. The van der Waals surface area contributed by atoms with Gasteiger partial charge in [-0.1, -0.05) is 20.8 Å². The van der Waals surface area contributed by atoms with Crippen LogP contribution in [0.4, 0.5) is 0 Å². The molecule has 0 rings (SSSR count). The first-order valence-corrected chi connectivity index (χ1v) is 7.68. The van der Waals surface area contributed by atoms with Crippen LogP contribution in [0.25, 0.3) is 0 Å². The predicted octanol–water partition coefficient (Wildman–Crippen LogP) is 2.80. The molecule has 0 spiro atoms. The highest BCUT2D eigenvalue weighted by Crippen LogP contribution is 2.23. The van der Waals surface area contributed by atoms with Crippen molar-refractivity contribution in [3.63, 3.8) is 0 Å². The molecule has 0 aliphatic carbocycles. The smallest absolute Gasteiger partial charge is 0.325 e. The van der Waals surface area contributed by atoms with E-state index in [0.717, 1.165) is 19.4 Å². The Labute approximate surface area is 125 Å². The van der Waals surface area contributed by atoms with Crippen LogP contribution in [0.1, 0.15) is 60.8 Å². The fourth-order valence-corrected chi connectivity index (χ4v) is 2.11. The third-order valence-electron chi connectivity index (χ3n) is 4.11. The number of unbranched alkanes of at least 4 members (excludes halogenated alkanes) is 1. The zero-order chi connectivity index (χ0) is 16.0. The minimum Gasteiger partial charge on any atom is -0.465 e. The van der Waals surface area contributed by atoms with Crippen LogP contribution in [0.2, 0.25) is 0 Å². The van der Waals surface area contributed by atoms with Crippen molar-refractivity contribution < 1.29 is 9.53 Å². The van der Waals surface area contributed by atoms with Gasteiger partial charge in [0.25, 0.3) is 0 Å². The molecule has 4 heteroatoms. The molecular formula is C16H34N2O2. The van der Waals surface area contributed by atoms with Gasteiger partial charge < -0.3 is 15.4 Å². The van der Waals surface area contributed by atoms with Crippen LogP contribution >= 0.6 is 0 Å². The quantitative estimate of drug-likeness (QED) is 0.550. The lowest BCUT2D eigenvalue weighted by atomic mass is 9.87. The summed E-state index contributed by atoms with van der Waals surface area (Å²) in [5.41, 5.74) is 5.43. The molecule has 0 saturated heterocycles. The summed E-state index contributed by atoms with van der Waals surface area (Å²) >= 11 is 0. The van der Waals surface area contributed by atoms with E-state index in [1.165, 1.54) is 0 Å². The van der Waals surface area contributed by atoms with Gasteiger partial charge in [0, 0.05) is 6.04 Å². The summed E-state index contributed by atoms with van der Waals surface area (Å²) in [6, 6.07) is 0.525. The number of hydrogen-bond donors (Lipinski definition) is 1. The highest BCUT2D eigenvalue weighted by Gasteiger charge is 2.29. The molecule has 120 valence electrons. The van der Waals surface area contributed by atoms with Gasteiger partial charge in [0.15, 0.2) is 0 Å². The first-order chi connectivity index (χ1) is 9.02. The zero-order valence-corrected chi connectivity index (χ0v) is 14.5. The predicted molar refractivity (Wildman–Crippen MR) is 84.6 cm³/mol. The van der Waals surface area contributed by atoms with Gasteiger partial charge in [0.2, 0.25) is 0 Å². The van der Waals surface area contributed by atoms with Crippen LogP contribution in [0, 0.1) is 5.41 Å². The first kappa shape index (κ1) is 19.4. The molecule has 0 aromatic carbocycles. The number of ether oxygens (including phenoxy) is 1. The molecule has 0 aliphatic heterocycles. The number of rotatable bonds is 8. The number of esters is 1. The Morgan fingerprint density at radius 2 is 1.80 bits per heavy atom. The molecule has 0 bridgehead atoms. The zero-order valence-electron chi connectivity index (χ0n) is 14.5. The average Bonchev–Trinajstić information content (AvgIpc) is 2.32. The van der Waals surface area contributed by atoms with Gasteiger partial charge in [0.05, 0.1) is 6.61 Å². The van der Waals surface area contributed by atoms with Crippen LogP contribution in [0.15, 0.2) is 0 Å². The van der Waals surface area contributed by atoms with Crippen LogP contribution in [0.3, 0.4) is 0 Å². The molecule has 0 heterocycles. The minimum atomic E-state index is -0.857. The van der Waals surface area contributed by atoms with Crippen LogP contribution in [-0.2, 0) is 9.53 Å². The van der Waals surface area contributed by atoms with E-state index in [-0.39, 0.29) is 11.4 Å². The van der Waals surface area contributed by atoms with Gasteiger partial charge >= 0.3 is 5.97 Å². The average molecular weight is 286 g/mol. The monoisotopic (exact) mass is 286 g/mol. The Hall–Kier alpha value is -0.610. The molecule has 2 atom stereocenters. The number of hydrogen-bond acceptors (Lipinski definition) is 4. The fourth-order valence-electron chi connectivity index (χ4n) is 2.11. The van der Waals surface area contributed by atoms with Gasteiger partial charge in [-0.05, 0) is 59.0 Å². The second-order valence-corrected chi connectivity index (χ2v) is 7.12. The molecule has 0 aromatic heterocycles. The molecule has 2 unspecified atom stereocenters. The molecular weight excluding hydrogens is 252 g/mol. The molecule has 0 radical (unpaired) electrons. The normalized spacial score (nSPS) is 16.9. The lowest BCUT2D eigenvalue weighted by Crippen LogP contribution is -2.46. The first-order valence-electron chi connectivity index (χ1n) is 7.68. The summed E-state index contributed by atoms with van der Waals surface area (Å²) in [7, 11) is 2.16. The van der Waals surface area contributed by atoms with Crippen molar-refractivity contribution in [2.75, 3.05) is 20.2 Å². The standard InChI is InChI=1S/C16H34N2O2/c1-8-20-14(19)16(6,17)11-9-10-12-18(7)13(2)15(3,4)5/h13H,8-12,17H2,1-7H3. The second kappa shape index (κ2) is 7.99. The van der Waals surface area contributed by atoms with E-state index in [0.29, 0.717) is 19.1 Å². The lowest BCUT2D eigenvalue weighted by molar-refractivity contribution is -0.149. The summed E-state index contributed by atoms with van der Waals surface area (Å²) in [4.78, 5) is 14.0. The SMILES string of the molecule is CCOC(=O)C(C)(N)CCCCN(C)C(C)C(C)(C)C. The topological polar surface area (TPSA) is 55.6 Å². The van der Waals surface area contributed by atoms with E-state index in [4.69, 9.17) is 10.5 Å². The van der Waals surface area contributed by atoms with Crippen LogP contribution in [0.5, 0.6) is 0 Å². The Bertz CT molecular complexity index is 295. The van der Waals surface area contributed by atoms with E-state index >= 15 is 0 Å². The number of carbonyl (C=O) groups excluding carboxylic acids is 1.